The summed E-state index contributed by atoms with van der Waals surface area (Å²) in [5.41, 5.74) is 1.03. The van der Waals surface area contributed by atoms with E-state index in [0.29, 0.717) is 23.7 Å². The number of pyridine rings is 1. The molecule has 22 heavy (non-hydrogen) atoms. The largest absolute Gasteiger partial charge is 0.464 e. The Labute approximate surface area is 134 Å². The fourth-order valence-corrected chi connectivity index (χ4v) is 2.49. The molecule has 1 aromatic heterocycles. The standard InChI is InChI=1S/C15H19ClN2O4/c1-15(2,3)22-14(20)18-6-5-9-10(16)7-11(13(19)21-4)17-12(9)8-18/h7H,5-6,8H2,1-4H3. The zero-order valence-corrected chi connectivity index (χ0v) is 13.9. The Morgan fingerprint density at radius 3 is 2.64 bits per heavy atom. The third kappa shape index (κ3) is 3.68. The van der Waals surface area contributed by atoms with E-state index in [4.69, 9.17) is 16.3 Å². The molecular weight excluding hydrogens is 308 g/mol. The lowest BCUT2D eigenvalue weighted by Gasteiger charge is -2.31. The van der Waals surface area contributed by atoms with Gasteiger partial charge < -0.3 is 14.4 Å². The van der Waals surface area contributed by atoms with Crippen LogP contribution in [-0.4, -0.2) is 41.2 Å². The predicted octanol–water partition coefficient (Wildman–Crippen LogP) is 2.81. The highest BCUT2D eigenvalue weighted by Gasteiger charge is 2.28. The Morgan fingerprint density at radius 2 is 2.05 bits per heavy atom. The van der Waals surface area contributed by atoms with Crippen LogP contribution in [0.1, 0.15) is 42.5 Å². The molecule has 0 aromatic carbocycles. The van der Waals surface area contributed by atoms with Gasteiger partial charge in [-0.2, -0.15) is 0 Å². The van der Waals surface area contributed by atoms with Crippen LogP contribution in [0.3, 0.4) is 0 Å². The van der Waals surface area contributed by atoms with Crippen molar-refractivity contribution in [3.63, 3.8) is 0 Å². The van der Waals surface area contributed by atoms with Crippen molar-refractivity contribution in [1.29, 1.82) is 0 Å². The number of aromatic nitrogens is 1. The van der Waals surface area contributed by atoms with Crippen molar-refractivity contribution < 1.29 is 19.1 Å². The minimum atomic E-state index is -0.559. The van der Waals surface area contributed by atoms with Gasteiger partial charge in [-0.05, 0) is 38.8 Å². The van der Waals surface area contributed by atoms with E-state index in [1.165, 1.54) is 13.2 Å². The van der Waals surface area contributed by atoms with Gasteiger partial charge in [0.25, 0.3) is 0 Å². The van der Waals surface area contributed by atoms with Gasteiger partial charge in [0.15, 0.2) is 0 Å². The molecule has 2 heterocycles. The summed E-state index contributed by atoms with van der Waals surface area (Å²) in [5.74, 6) is -0.556. The highest BCUT2D eigenvalue weighted by molar-refractivity contribution is 6.31. The van der Waals surface area contributed by atoms with Crippen molar-refractivity contribution in [1.82, 2.24) is 9.88 Å². The fourth-order valence-electron chi connectivity index (χ4n) is 2.18. The minimum Gasteiger partial charge on any atom is -0.464 e. The van der Waals surface area contributed by atoms with E-state index in [2.05, 4.69) is 9.72 Å². The number of hydrogen-bond donors (Lipinski definition) is 0. The molecule has 0 radical (unpaired) electrons. The Morgan fingerprint density at radius 1 is 1.36 bits per heavy atom. The number of ether oxygens (including phenoxy) is 2. The van der Waals surface area contributed by atoms with E-state index in [1.807, 2.05) is 20.8 Å². The smallest absolute Gasteiger partial charge is 0.410 e. The lowest BCUT2D eigenvalue weighted by Crippen LogP contribution is -2.40. The summed E-state index contributed by atoms with van der Waals surface area (Å²) in [6.45, 7) is 6.20. The maximum atomic E-state index is 12.1. The monoisotopic (exact) mass is 326 g/mol. The average Bonchev–Trinajstić information content (AvgIpc) is 2.43. The molecular formula is C15H19ClN2O4. The summed E-state index contributed by atoms with van der Waals surface area (Å²) in [7, 11) is 1.28. The zero-order valence-electron chi connectivity index (χ0n) is 13.1. The zero-order chi connectivity index (χ0) is 16.5. The first kappa shape index (κ1) is 16.5. The summed E-state index contributed by atoms with van der Waals surface area (Å²) < 4.78 is 10.0. The van der Waals surface area contributed by atoms with Crippen LogP contribution < -0.4 is 0 Å². The topological polar surface area (TPSA) is 68.7 Å². The SMILES string of the molecule is COC(=O)c1cc(Cl)c2c(n1)CN(C(=O)OC(C)(C)C)CC2. The van der Waals surface area contributed by atoms with Gasteiger partial charge in [-0.3, -0.25) is 0 Å². The average molecular weight is 327 g/mol. The van der Waals surface area contributed by atoms with E-state index < -0.39 is 17.7 Å². The Balaban J connectivity index is 2.23. The number of methoxy groups -OCH3 is 1. The number of hydrogen-bond acceptors (Lipinski definition) is 5. The van der Waals surface area contributed by atoms with E-state index in [-0.39, 0.29) is 12.2 Å². The number of halogens is 1. The lowest BCUT2D eigenvalue weighted by molar-refractivity contribution is 0.0221. The van der Waals surface area contributed by atoms with Crippen LogP contribution in [0, 0.1) is 0 Å². The van der Waals surface area contributed by atoms with Gasteiger partial charge in [0.05, 0.1) is 19.3 Å². The molecule has 1 aliphatic heterocycles. The van der Waals surface area contributed by atoms with Crippen LogP contribution in [0.15, 0.2) is 6.07 Å². The second-order valence-corrected chi connectivity index (χ2v) is 6.47. The highest BCUT2D eigenvalue weighted by atomic mass is 35.5. The molecule has 0 saturated carbocycles. The first-order valence-electron chi connectivity index (χ1n) is 6.96. The predicted molar refractivity (Wildman–Crippen MR) is 80.9 cm³/mol. The molecule has 1 amide bonds. The molecule has 6 nitrogen and oxygen atoms in total. The number of rotatable bonds is 1. The maximum Gasteiger partial charge on any atom is 0.410 e. The van der Waals surface area contributed by atoms with Gasteiger partial charge >= 0.3 is 12.1 Å². The maximum absolute atomic E-state index is 12.1. The molecule has 0 spiro atoms. The van der Waals surface area contributed by atoms with Crippen molar-refractivity contribution in [3.8, 4) is 0 Å². The third-order valence-electron chi connectivity index (χ3n) is 3.17. The summed E-state index contributed by atoms with van der Waals surface area (Å²) in [6.07, 6.45) is 0.168. The van der Waals surface area contributed by atoms with Gasteiger partial charge in [-0.15, -0.1) is 0 Å². The number of fused-ring (bicyclic) bond motifs is 1. The van der Waals surface area contributed by atoms with Crippen LogP contribution in [0.4, 0.5) is 4.79 Å². The van der Waals surface area contributed by atoms with Gasteiger partial charge in [0, 0.05) is 11.6 Å². The second kappa shape index (κ2) is 6.12. The molecule has 1 aliphatic rings. The summed E-state index contributed by atoms with van der Waals surface area (Å²) >= 11 is 6.20. The number of nitrogens with zero attached hydrogens (tertiary/aromatic N) is 2. The van der Waals surface area contributed by atoms with E-state index >= 15 is 0 Å². The fraction of sp³-hybridized carbons (Fsp3) is 0.533. The van der Waals surface area contributed by atoms with E-state index in [0.717, 1.165) is 5.56 Å². The molecule has 0 atom stereocenters. The first-order valence-corrected chi connectivity index (χ1v) is 7.33. The van der Waals surface area contributed by atoms with Gasteiger partial charge in [0.2, 0.25) is 0 Å². The van der Waals surface area contributed by atoms with Crippen molar-refractivity contribution in [3.05, 3.63) is 28.0 Å². The molecule has 0 fully saturated rings. The Kier molecular flexibility index (Phi) is 4.60. The number of carbonyl (C=O) groups is 2. The summed E-state index contributed by atoms with van der Waals surface area (Å²) in [5, 5.41) is 0.467. The molecule has 0 saturated heterocycles. The number of carbonyl (C=O) groups excluding carboxylic acids is 2. The molecule has 120 valence electrons. The van der Waals surface area contributed by atoms with Crippen LogP contribution >= 0.6 is 11.6 Å². The van der Waals surface area contributed by atoms with Crippen LogP contribution in [0.2, 0.25) is 5.02 Å². The lowest BCUT2D eigenvalue weighted by atomic mass is 10.0. The van der Waals surface area contributed by atoms with Crippen LogP contribution in [0.25, 0.3) is 0 Å². The van der Waals surface area contributed by atoms with Crippen molar-refractivity contribution in [2.24, 2.45) is 0 Å². The molecule has 7 heteroatoms. The van der Waals surface area contributed by atoms with E-state index in [1.54, 1.807) is 4.90 Å². The molecule has 0 N–H and O–H groups in total. The van der Waals surface area contributed by atoms with Crippen molar-refractivity contribution in [2.45, 2.75) is 39.3 Å². The number of amides is 1. The molecule has 2 rings (SSSR count). The van der Waals surface area contributed by atoms with Crippen molar-refractivity contribution >= 4 is 23.7 Å². The third-order valence-corrected chi connectivity index (χ3v) is 3.51. The molecule has 1 aromatic rings. The van der Waals surface area contributed by atoms with Gasteiger partial charge in [-0.25, -0.2) is 14.6 Å². The Hall–Kier alpha value is -1.82. The summed E-state index contributed by atoms with van der Waals surface area (Å²) in [6, 6.07) is 1.50. The number of esters is 1. The van der Waals surface area contributed by atoms with Crippen LogP contribution in [-0.2, 0) is 22.4 Å². The van der Waals surface area contributed by atoms with Gasteiger partial charge in [0.1, 0.15) is 11.3 Å². The molecule has 0 bridgehead atoms. The van der Waals surface area contributed by atoms with Crippen LogP contribution in [0.5, 0.6) is 0 Å². The minimum absolute atomic E-state index is 0.136. The quantitative estimate of drug-likeness (QED) is 0.742. The first-order chi connectivity index (χ1) is 10.2. The highest BCUT2D eigenvalue weighted by Crippen LogP contribution is 2.27. The molecule has 0 aliphatic carbocycles. The summed E-state index contributed by atoms with van der Waals surface area (Å²) in [4.78, 5) is 29.6. The second-order valence-electron chi connectivity index (χ2n) is 6.06. The van der Waals surface area contributed by atoms with E-state index in [9.17, 15) is 9.59 Å². The Bertz CT molecular complexity index is 610. The van der Waals surface area contributed by atoms with Gasteiger partial charge in [-0.1, -0.05) is 11.6 Å². The molecule has 0 unspecified atom stereocenters. The van der Waals surface area contributed by atoms with Crippen molar-refractivity contribution in [2.75, 3.05) is 13.7 Å². The normalized spacial score (nSPS) is 14.3.